The Labute approximate surface area is 130 Å². The fourth-order valence-electron chi connectivity index (χ4n) is 1.97. The van der Waals surface area contributed by atoms with Gasteiger partial charge < -0.3 is 5.32 Å². The van der Waals surface area contributed by atoms with E-state index in [0.29, 0.717) is 10.7 Å². The van der Waals surface area contributed by atoms with Gasteiger partial charge in [0.05, 0.1) is 16.8 Å². The standard InChI is InChI=1S/C14H14N4OS2/c1-3-9-7-15-18-12(9)17-13(19)11-8(2)16-14(21-11)10-5-4-6-20-10/h4-7H,3H2,1-2H3,(H2,15,17,18,19). The van der Waals surface area contributed by atoms with Crippen molar-refractivity contribution < 1.29 is 4.79 Å². The number of hydrogen-bond acceptors (Lipinski definition) is 5. The molecule has 0 radical (unpaired) electrons. The lowest BCUT2D eigenvalue weighted by atomic mass is 10.2. The van der Waals surface area contributed by atoms with E-state index in [1.54, 1.807) is 17.5 Å². The first-order valence-corrected chi connectivity index (χ1v) is 8.23. The molecule has 0 aliphatic rings. The number of aryl methyl sites for hydroxylation is 2. The number of nitrogens with zero attached hydrogens (tertiary/aromatic N) is 2. The number of nitrogens with one attached hydrogen (secondary N) is 2. The van der Waals surface area contributed by atoms with Crippen molar-refractivity contribution in [3.63, 3.8) is 0 Å². The summed E-state index contributed by atoms with van der Waals surface area (Å²) < 4.78 is 0. The van der Waals surface area contributed by atoms with Crippen molar-refractivity contribution >= 4 is 34.4 Å². The van der Waals surface area contributed by atoms with Gasteiger partial charge in [-0.25, -0.2) is 4.98 Å². The van der Waals surface area contributed by atoms with Gasteiger partial charge in [-0.05, 0) is 24.8 Å². The molecular formula is C14H14N4OS2. The maximum absolute atomic E-state index is 12.4. The van der Waals surface area contributed by atoms with E-state index in [1.807, 2.05) is 31.4 Å². The van der Waals surface area contributed by atoms with Crippen LogP contribution in [0.5, 0.6) is 0 Å². The van der Waals surface area contributed by atoms with E-state index in [1.165, 1.54) is 11.3 Å². The molecule has 0 aliphatic heterocycles. The van der Waals surface area contributed by atoms with Crippen LogP contribution in [0.1, 0.15) is 27.9 Å². The fourth-order valence-corrected chi connectivity index (χ4v) is 3.73. The van der Waals surface area contributed by atoms with E-state index in [0.717, 1.165) is 27.6 Å². The number of amides is 1. The van der Waals surface area contributed by atoms with Gasteiger partial charge in [-0.15, -0.1) is 22.7 Å². The van der Waals surface area contributed by atoms with Gasteiger partial charge in [-0.3, -0.25) is 9.89 Å². The molecule has 0 atom stereocenters. The molecular weight excluding hydrogens is 304 g/mol. The summed E-state index contributed by atoms with van der Waals surface area (Å²) in [5.74, 6) is 0.514. The molecule has 7 heteroatoms. The maximum Gasteiger partial charge on any atom is 0.268 e. The second kappa shape index (κ2) is 5.79. The van der Waals surface area contributed by atoms with Crippen LogP contribution < -0.4 is 5.32 Å². The predicted molar refractivity (Wildman–Crippen MR) is 86.1 cm³/mol. The third kappa shape index (κ3) is 2.74. The van der Waals surface area contributed by atoms with Gasteiger partial charge in [0.2, 0.25) is 0 Å². The molecule has 108 valence electrons. The normalized spacial score (nSPS) is 10.8. The van der Waals surface area contributed by atoms with Crippen LogP contribution in [0.15, 0.2) is 23.7 Å². The zero-order chi connectivity index (χ0) is 14.8. The molecule has 3 aromatic rings. The van der Waals surface area contributed by atoms with Crippen molar-refractivity contribution in [1.29, 1.82) is 0 Å². The molecule has 0 spiro atoms. The molecule has 5 nitrogen and oxygen atoms in total. The Morgan fingerprint density at radius 2 is 2.33 bits per heavy atom. The Morgan fingerprint density at radius 3 is 3.05 bits per heavy atom. The first-order chi connectivity index (χ1) is 10.2. The zero-order valence-corrected chi connectivity index (χ0v) is 13.3. The van der Waals surface area contributed by atoms with Crippen LogP contribution in [-0.4, -0.2) is 21.1 Å². The number of hydrogen-bond donors (Lipinski definition) is 2. The number of thiazole rings is 1. The van der Waals surface area contributed by atoms with E-state index in [-0.39, 0.29) is 5.91 Å². The van der Waals surface area contributed by atoms with Crippen molar-refractivity contribution in [2.75, 3.05) is 5.32 Å². The van der Waals surface area contributed by atoms with Gasteiger partial charge in [-0.1, -0.05) is 13.0 Å². The highest BCUT2D eigenvalue weighted by Gasteiger charge is 2.18. The number of anilines is 1. The highest BCUT2D eigenvalue weighted by Crippen LogP contribution is 2.31. The number of aromatic amines is 1. The molecule has 3 rings (SSSR count). The van der Waals surface area contributed by atoms with Crippen LogP contribution in [0.3, 0.4) is 0 Å². The lowest BCUT2D eigenvalue weighted by Gasteiger charge is -2.03. The van der Waals surface area contributed by atoms with Crippen molar-refractivity contribution in [2.45, 2.75) is 20.3 Å². The lowest BCUT2D eigenvalue weighted by molar-refractivity contribution is 0.102. The second-order valence-corrected chi connectivity index (χ2v) is 6.44. The average Bonchev–Trinajstić information content (AvgIpc) is 3.17. The molecule has 0 fully saturated rings. The molecule has 2 N–H and O–H groups in total. The summed E-state index contributed by atoms with van der Waals surface area (Å²) in [6.07, 6.45) is 2.54. The van der Waals surface area contributed by atoms with Gasteiger partial charge in [0, 0.05) is 5.56 Å². The molecule has 0 bridgehead atoms. The Kier molecular flexibility index (Phi) is 3.85. The van der Waals surface area contributed by atoms with Gasteiger partial charge >= 0.3 is 0 Å². The summed E-state index contributed by atoms with van der Waals surface area (Å²) in [6.45, 7) is 3.88. The quantitative estimate of drug-likeness (QED) is 0.770. The van der Waals surface area contributed by atoms with Gasteiger partial charge in [0.25, 0.3) is 5.91 Å². The van der Waals surface area contributed by atoms with Crippen molar-refractivity contribution in [1.82, 2.24) is 15.2 Å². The monoisotopic (exact) mass is 318 g/mol. The minimum atomic E-state index is -0.147. The largest absolute Gasteiger partial charge is 0.306 e. The minimum Gasteiger partial charge on any atom is -0.306 e. The van der Waals surface area contributed by atoms with Crippen molar-refractivity contribution in [3.05, 3.63) is 39.8 Å². The second-order valence-electron chi connectivity index (χ2n) is 4.49. The molecule has 1 amide bonds. The zero-order valence-electron chi connectivity index (χ0n) is 11.6. The molecule has 3 heterocycles. The van der Waals surface area contributed by atoms with Crippen LogP contribution >= 0.6 is 22.7 Å². The molecule has 21 heavy (non-hydrogen) atoms. The maximum atomic E-state index is 12.4. The molecule has 3 aromatic heterocycles. The van der Waals surface area contributed by atoms with E-state index >= 15 is 0 Å². The summed E-state index contributed by atoms with van der Waals surface area (Å²) in [5, 5.41) is 12.5. The number of carbonyl (C=O) groups is 1. The Hall–Kier alpha value is -1.99. The topological polar surface area (TPSA) is 70.7 Å². The van der Waals surface area contributed by atoms with Gasteiger partial charge in [-0.2, -0.15) is 5.10 Å². The third-order valence-corrected chi connectivity index (χ3v) is 5.27. The number of H-pyrrole nitrogens is 1. The number of carbonyl (C=O) groups excluding carboxylic acids is 1. The third-order valence-electron chi connectivity index (χ3n) is 3.07. The Morgan fingerprint density at radius 1 is 1.48 bits per heavy atom. The van der Waals surface area contributed by atoms with E-state index in [4.69, 9.17) is 0 Å². The Balaban J connectivity index is 1.85. The Bertz CT molecular complexity index is 758. The van der Waals surface area contributed by atoms with E-state index in [2.05, 4.69) is 20.5 Å². The summed E-state index contributed by atoms with van der Waals surface area (Å²) in [7, 11) is 0. The van der Waals surface area contributed by atoms with E-state index in [9.17, 15) is 4.79 Å². The van der Waals surface area contributed by atoms with Crippen LogP contribution in [-0.2, 0) is 6.42 Å². The first-order valence-electron chi connectivity index (χ1n) is 6.54. The predicted octanol–water partition coefficient (Wildman–Crippen LogP) is 3.72. The average molecular weight is 318 g/mol. The SMILES string of the molecule is CCc1cn[nH]c1NC(=O)c1sc(-c2cccs2)nc1C. The highest BCUT2D eigenvalue weighted by atomic mass is 32.1. The van der Waals surface area contributed by atoms with Crippen LogP contribution in [0.2, 0.25) is 0 Å². The summed E-state index contributed by atoms with van der Waals surface area (Å²) in [5.41, 5.74) is 1.74. The van der Waals surface area contributed by atoms with Gasteiger partial charge in [0.1, 0.15) is 15.7 Å². The number of thiophene rings is 1. The fraction of sp³-hybridized carbons (Fsp3) is 0.214. The van der Waals surface area contributed by atoms with Crippen LogP contribution in [0, 0.1) is 6.92 Å². The summed E-state index contributed by atoms with van der Waals surface area (Å²) in [4.78, 5) is 18.6. The van der Waals surface area contributed by atoms with E-state index < -0.39 is 0 Å². The molecule has 0 unspecified atom stereocenters. The van der Waals surface area contributed by atoms with Crippen LogP contribution in [0.25, 0.3) is 9.88 Å². The van der Waals surface area contributed by atoms with Crippen molar-refractivity contribution in [3.8, 4) is 9.88 Å². The van der Waals surface area contributed by atoms with Gasteiger partial charge in [0.15, 0.2) is 0 Å². The molecule has 0 saturated heterocycles. The first kappa shape index (κ1) is 14.0. The minimum absolute atomic E-state index is 0.147. The summed E-state index contributed by atoms with van der Waals surface area (Å²) in [6, 6.07) is 3.99. The van der Waals surface area contributed by atoms with Crippen LogP contribution in [0.4, 0.5) is 5.82 Å². The molecule has 0 aliphatic carbocycles. The molecule has 0 saturated carbocycles. The highest BCUT2D eigenvalue weighted by molar-refractivity contribution is 7.22. The van der Waals surface area contributed by atoms with Crippen molar-refractivity contribution in [2.24, 2.45) is 0 Å². The summed E-state index contributed by atoms with van der Waals surface area (Å²) >= 11 is 3.03. The number of aromatic nitrogens is 3. The lowest BCUT2D eigenvalue weighted by Crippen LogP contribution is -2.13. The number of rotatable bonds is 4. The molecule has 0 aromatic carbocycles. The smallest absolute Gasteiger partial charge is 0.268 e.